The number of halogens is 2. The topological polar surface area (TPSA) is 47.9 Å². The second-order valence-corrected chi connectivity index (χ2v) is 7.62. The number of carbonyl (C=O) groups excluding carboxylic acids is 1. The maximum Gasteiger partial charge on any atom is 0.363 e. The highest BCUT2D eigenvalue weighted by Gasteiger charge is 2.23. The van der Waals surface area contributed by atoms with Crippen molar-refractivity contribution >= 4 is 41.1 Å². The van der Waals surface area contributed by atoms with E-state index in [1.54, 1.807) is 18.2 Å². The summed E-state index contributed by atoms with van der Waals surface area (Å²) in [6.07, 6.45) is 1.69. The molecule has 0 fully saturated rings. The Morgan fingerprint density at radius 3 is 2.40 bits per heavy atom. The Kier molecular flexibility index (Phi) is 5.88. The predicted octanol–water partition coefficient (Wildman–Crippen LogP) is 6.23. The minimum absolute atomic E-state index is 0.259. The molecule has 1 heterocycles. The van der Waals surface area contributed by atoms with Crippen LogP contribution in [-0.2, 0) is 16.1 Å². The molecular weight excluding hydrogens is 421 g/mol. The van der Waals surface area contributed by atoms with Gasteiger partial charge in [0.05, 0.1) is 10.0 Å². The number of cyclic esters (lactones) is 1. The van der Waals surface area contributed by atoms with Crippen LogP contribution in [-0.4, -0.2) is 11.9 Å². The highest BCUT2D eigenvalue weighted by molar-refractivity contribution is 6.42. The third kappa shape index (κ3) is 4.73. The number of aryl methyl sites for hydroxylation is 1. The quantitative estimate of drug-likeness (QED) is 0.351. The van der Waals surface area contributed by atoms with Gasteiger partial charge < -0.3 is 9.47 Å². The van der Waals surface area contributed by atoms with Crippen LogP contribution < -0.4 is 4.74 Å². The van der Waals surface area contributed by atoms with Crippen molar-refractivity contribution in [3.63, 3.8) is 0 Å². The molecular formula is C24H17Cl2NO3. The van der Waals surface area contributed by atoms with E-state index in [0.717, 1.165) is 22.3 Å². The van der Waals surface area contributed by atoms with E-state index in [4.69, 9.17) is 32.7 Å². The summed E-state index contributed by atoms with van der Waals surface area (Å²) in [6.45, 7) is 2.36. The normalized spacial score (nSPS) is 14.6. The van der Waals surface area contributed by atoms with Gasteiger partial charge in [-0.05, 0) is 60.5 Å². The summed E-state index contributed by atoms with van der Waals surface area (Å²) in [5, 5.41) is 1.00. The molecule has 30 heavy (non-hydrogen) atoms. The Bertz CT molecular complexity index is 1150. The molecule has 3 aromatic rings. The molecule has 0 amide bonds. The van der Waals surface area contributed by atoms with E-state index in [9.17, 15) is 4.79 Å². The highest BCUT2D eigenvalue weighted by atomic mass is 35.5. The number of esters is 1. The average molecular weight is 438 g/mol. The molecule has 0 aliphatic carbocycles. The summed E-state index contributed by atoms with van der Waals surface area (Å²) < 4.78 is 11.1. The van der Waals surface area contributed by atoms with E-state index in [0.29, 0.717) is 28.3 Å². The lowest BCUT2D eigenvalue weighted by Gasteiger charge is -2.07. The van der Waals surface area contributed by atoms with Crippen LogP contribution in [0.1, 0.15) is 22.3 Å². The summed E-state index contributed by atoms with van der Waals surface area (Å²) in [4.78, 5) is 16.5. The highest BCUT2D eigenvalue weighted by Crippen LogP contribution is 2.24. The maximum absolute atomic E-state index is 12.2. The third-order valence-corrected chi connectivity index (χ3v) is 5.23. The molecule has 0 saturated carbocycles. The van der Waals surface area contributed by atoms with E-state index in [-0.39, 0.29) is 5.70 Å². The van der Waals surface area contributed by atoms with Gasteiger partial charge in [-0.1, -0.05) is 59.1 Å². The van der Waals surface area contributed by atoms with Crippen molar-refractivity contribution in [2.75, 3.05) is 0 Å². The standard InChI is InChI=1S/C24H17Cl2NO3/c1-15-2-7-18(8-3-15)23-27-22(24(28)30-23)13-16-4-9-19(10-5-16)29-14-17-6-11-20(25)21(26)12-17/h2-13H,14H2,1H3. The fourth-order valence-electron chi connectivity index (χ4n) is 2.84. The maximum atomic E-state index is 12.2. The van der Waals surface area contributed by atoms with Gasteiger partial charge in [-0.15, -0.1) is 0 Å². The van der Waals surface area contributed by atoms with Gasteiger partial charge >= 0.3 is 5.97 Å². The lowest BCUT2D eigenvalue weighted by Crippen LogP contribution is -2.05. The van der Waals surface area contributed by atoms with Gasteiger partial charge in [-0.2, -0.15) is 0 Å². The molecule has 0 unspecified atom stereocenters. The first-order valence-electron chi connectivity index (χ1n) is 9.24. The number of aliphatic imine (C=N–C) groups is 1. The molecule has 1 aliphatic rings. The SMILES string of the molecule is Cc1ccc(C2=NC(=Cc3ccc(OCc4ccc(Cl)c(Cl)c4)cc3)C(=O)O2)cc1. The smallest absolute Gasteiger partial charge is 0.363 e. The molecule has 150 valence electrons. The Balaban J connectivity index is 1.44. The fraction of sp³-hybridized carbons (Fsp3) is 0.0833. The number of hydrogen-bond acceptors (Lipinski definition) is 4. The summed E-state index contributed by atoms with van der Waals surface area (Å²) >= 11 is 11.9. The monoisotopic (exact) mass is 437 g/mol. The lowest BCUT2D eigenvalue weighted by molar-refractivity contribution is -0.129. The second kappa shape index (κ2) is 8.74. The van der Waals surface area contributed by atoms with E-state index >= 15 is 0 Å². The largest absolute Gasteiger partial charge is 0.489 e. The fourth-order valence-corrected chi connectivity index (χ4v) is 3.16. The van der Waals surface area contributed by atoms with E-state index in [1.165, 1.54) is 0 Å². The van der Waals surface area contributed by atoms with Crippen molar-refractivity contribution < 1.29 is 14.3 Å². The van der Waals surface area contributed by atoms with Crippen molar-refractivity contribution in [1.29, 1.82) is 0 Å². The number of carbonyl (C=O) groups is 1. The zero-order valence-electron chi connectivity index (χ0n) is 16.1. The summed E-state index contributed by atoms with van der Waals surface area (Å²) in [6, 6.07) is 20.4. The molecule has 0 radical (unpaired) electrons. The molecule has 0 bridgehead atoms. The van der Waals surface area contributed by atoms with Crippen LogP contribution in [0.2, 0.25) is 10.0 Å². The summed E-state index contributed by atoms with van der Waals surface area (Å²) in [5.41, 5.74) is 3.89. The molecule has 4 nitrogen and oxygen atoms in total. The molecule has 6 heteroatoms. The molecule has 0 spiro atoms. The van der Waals surface area contributed by atoms with Gasteiger partial charge in [-0.3, -0.25) is 0 Å². The van der Waals surface area contributed by atoms with Crippen LogP contribution in [0.25, 0.3) is 6.08 Å². The Labute approximate surface area is 184 Å². The first-order valence-corrected chi connectivity index (χ1v) is 10.00. The van der Waals surface area contributed by atoms with Gasteiger partial charge in [-0.25, -0.2) is 9.79 Å². The van der Waals surface area contributed by atoms with Crippen molar-refractivity contribution in [3.8, 4) is 5.75 Å². The first-order chi connectivity index (χ1) is 14.5. The van der Waals surface area contributed by atoms with Crippen molar-refractivity contribution in [1.82, 2.24) is 0 Å². The summed E-state index contributed by atoms with van der Waals surface area (Å²) in [7, 11) is 0. The third-order valence-electron chi connectivity index (χ3n) is 4.49. The molecule has 0 saturated heterocycles. The number of nitrogens with zero attached hydrogens (tertiary/aromatic N) is 1. The minimum Gasteiger partial charge on any atom is -0.489 e. The average Bonchev–Trinajstić information content (AvgIpc) is 3.10. The lowest BCUT2D eigenvalue weighted by atomic mass is 10.1. The molecule has 0 atom stereocenters. The van der Waals surface area contributed by atoms with Crippen molar-refractivity contribution in [2.24, 2.45) is 4.99 Å². The van der Waals surface area contributed by atoms with E-state index in [1.807, 2.05) is 61.5 Å². The number of hydrogen-bond donors (Lipinski definition) is 0. The van der Waals surface area contributed by atoms with Gasteiger partial charge in [0.1, 0.15) is 12.4 Å². The van der Waals surface area contributed by atoms with Crippen molar-refractivity contribution in [3.05, 3.63) is 105 Å². The number of benzene rings is 3. The van der Waals surface area contributed by atoms with Crippen LogP contribution in [0.4, 0.5) is 0 Å². The Hall–Kier alpha value is -3.08. The zero-order valence-corrected chi connectivity index (χ0v) is 17.6. The van der Waals surface area contributed by atoms with Gasteiger partial charge in [0.25, 0.3) is 0 Å². The zero-order chi connectivity index (χ0) is 21.1. The van der Waals surface area contributed by atoms with Gasteiger partial charge in [0.2, 0.25) is 5.90 Å². The van der Waals surface area contributed by atoms with Crippen LogP contribution in [0.5, 0.6) is 5.75 Å². The first kappa shape index (κ1) is 20.2. The van der Waals surface area contributed by atoms with Crippen LogP contribution in [0.3, 0.4) is 0 Å². The molecule has 0 N–H and O–H groups in total. The minimum atomic E-state index is -0.467. The number of ether oxygens (including phenoxy) is 2. The van der Waals surface area contributed by atoms with Crippen LogP contribution in [0, 0.1) is 6.92 Å². The van der Waals surface area contributed by atoms with Gasteiger partial charge in [0.15, 0.2) is 5.70 Å². The molecule has 4 rings (SSSR count). The number of rotatable bonds is 5. The Morgan fingerprint density at radius 1 is 0.967 bits per heavy atom. The Morgan fingerprint density at radius 2 is 1.70 bits per heavy atom. The second-order valence-electron chi connectivity index (χ2n) is 6.81. The van der Waals surface area contributed by atoms with Crippen LogP contribution >= 0.6 is 23.2 Å². The van der Waals surface area contributed by atoms with Crippen LogP contribution in [0.15, 0.2) is 77.4 Å². The van der Waals surface area contributed by atoms with Crippen molar-refractivity contribution in [2.45, 2.75) is 13.5 Å². The van der Waals surface area contributed by atoms with Gasteiger partial charge in [0, 0.05) is 5.56 Å². The van der Waals surface area contributed by atoms with E-state index in [2.05, 4.69) is 4.99 Å². The van der Waals surface area contributed by atoms with E-state index < -0.39 is 5.97 Å². The molecule has 1 aliphatic heterocycles. The molecule has 0 aromatic heterocycles. The molecule has 3 aromatic carbocycles. The predicted molar refractivity (Wildman–Crippen MR) is 119 cm³/mol. The summed E-state index contributed by atoms with van der Waals surface area (Å²) in [5.74, 6) is 0.541.